The zero-order valence-corrected chi connectivity index (χ0v) is 19.1. The van der Waals surface area contributed by atoms with Crippen molar-refractivity contribution < 1.29 is 29.3 Å². The minimum atomic E-state index is -1.97. The van der Waals surface area contributed by atoms with Gasteiger partial charge in [0.05, 0.1) is 19.2 Å². The van der Waals surface area contributed by atoms with Crippen molar-refractivity contribution in [2.45, 2.75) is 43.2 Å². The van der Waals surface area contributed by atoms with E-state index in [0.717, 1.165) is 22.3 Å². The summed E-state index contributed by atoms with van der Waals surface area (Å²) in [6, 6.07) is 17.0. The third-order valence-electron chi connectivity index (χ3n) is 6.58. The summed E-state index contributed by atoms with van der Waals surface area (Å²) in [5.41, 5.74) is 2.38. The largest absolute Gasteiger partial charge is 0.479 e. The number of carboxylic acids is 1. The zero-order chi connectivity index (χ0) is 25.0. The summed E-state index contributed by atoms with van der Waals surface area (Å²) in [4.78, 5) is 37.9. The van der Waals surface area contributed by atoms with Crippen LogP contribution in [0.3, 0.4) is 0 Å². The van der Waals surface area contributed by atoms with Gasteiger partial charge >= 0.3 is 12.1 Å². The lowest BCUT2D eigenvalue weighted by atomic mass is 9.93. The molecule has 2 aliphatic rings. The maximum atomic E-state index is 12.9. The molecule has 0 saturated carbocycles. The second-order valence-corrected chi connectivity index (χ2v) is 8.96. The highest BCUT2D eigenvalue weighted by Crippen LogP contribution is 2.44. The van der Waals surface area contributed by atoms with Gasteiger partial charge in [-0.25, -0.2) is 9.59 Å². The van der Waals surface area contributed by atoms with Crippen LogP contribution in [0.2, 0.25) is 0 Å². The van der Waals surface area contributed by atoms with Gasteiger partial charge in [-0.3, -0.25) is 4.79 Å². The Morgan fingerprint density at radius 3 is 2.26 bits per heavy atom. The van der Waals surface area contributed by atoms with Gasteiger partial charge in [0, 0.05) is 12.3 Å². The van der Waals surface area contributed by atoms with Crippen molar-refractivity contribution in [3.05, 3.63) is 59.7 Å². The number of carboxylic acid groups (broad SMARTS) is 1. The Morgan fingerprint density at radius 1 is 1.09 bits per heavy atom. The highest BCUT2D eigenvalue weighted by atomic mass is 16.5. The first-order valence-corrected chi connectivity index (χ1v) is 11.6. The van der Waals surface area contributed by atoms with Gasteiger partial charge in [-0.05, 0) is 41.5 Å². The summed E-state index contributed by atoms with van der Waals surface area (Å²) in [6.07, 6.45) is 0.928. The van der Waals surface area contributed by atoms with Crippen LogP contribution in [0.25, 0.3) is 11.1 Å². The molecule has 2 aromatic rings. The van der Waals surface area contributed by atoms with E-state index >= 15 is 0 Å². The summed E-state index contributed by atoms with van der Waals surface area (Å²) in [7, 11) is 0. The Hall–Kier alpha value is -3.90. The number of rotatable bonds is 9. The molecule has 0 bridgehead atoms. The van der Waals surface area contributed by atoms with Crippen LogP contribution in [0.1, 0.15) is 42.7 Å². The first-order chi connectivity index (χ1) is 16.8. The van der Waals surface area contributed by atoms with Crippen molar-refractivity contribution in [3.8, 4) is 17.2 Å². The molecule has 1 saturated heterocycles. The minimum Gasteiger partial charge on any atom is -0.479 e. The number of nitrogens with zero attached hydrogens (tertiary/aromatic N) is 2. The lowest BCUT2D eigenvalue weighted by Crippen LogP contribution is -2.69. The highest BCUT2D eigenvalue weighted by molar-refractivity contribution is 5.89. The minimum absolute atomic E-state index is 0.0949. The van der Waals surface area contributed by atoms with Gasteiger partial charge in [-0.15, -0.1) is 0 Å². The number of ether oxygens (including phenoxy) is 1. The van der Waals surface area contributed by atoms with Gasteiger partial charge < -0.3 is 25.2 Å². The normalized spacial score (nSPS) is 16.3. The molecule has 9 nitrogen and oxygen atoms in total. The number of hydrogen-bond donors (Lipinski definition) is 3. The van der Waals surface area contributed by atoms with Gasteiger partial charge in [0.15, 0.2) is 5.60 Å². The SMILES string of the molecule is N#CCCCCC(NC(=O)OCC1c2ccccc2-c2ccccc21)C(=O)N1CC(O)(C(=O)O)C1. The lowest BCUT2D eigenvalue weighted by molar-refractivity contribution is -0.182. The molecular weight excluding hydrogens is 450 g/mol. The van der Waals surface area contributed by atoms with Crippen molar-refractivity contribution in [2.24, 2.45) is 0 Å². The molecule has 35 heavy (non-hydrogen) atoms. The zero-order valence-electron chi connectivity index (χ0n) is 19.1. The fourth-order valence-electron chi connectivity index (χ4n) is 4.69. The highest BCUT2D eigenvalue weighted by Gasteiger charge is 2.51. The number of carbonyl (C=O) groups excluding carboxylic acids is 2. The lowest BCUT2D eigenvalue weighted by Gasteiger charge is -2.44. The number of nitriles is 1. The number of likely N-dealkylation sites (tertiary alicyclic amines) is 1. The summed E-state index contributed by atoms with van der Waals surface area (Å²) >= 11 is 0. The molecular formula is C26H27N3O6. The molecule has 0 aromatic heterocycles. The first-order valence-electron chi connectivity index (χ1n) is 11.6. The monoisotopic (exact) mass is 477 g/mol. The van der Waals surface area contributed by atoms with E-state index < -0.39 is 29.6 Å². The molecule has 1 aliphatic heterocycles. The van der Waals surface area contributed by atoms with Crippen molar-refractivity contribution >= 4 is 18.0 Å². The van der Waals surface area contributed by atoms with E-state index in [9.17, 15) is 19.5 Å². The van der Waals surface area contributed by atoms with E-state index in [1.807, 2.05) is 54.6 Å². The van der Waals surface area contributed by atoms with E-state index in [1.165, 1.54) is 4.90 Å². The van der Waals surface area contributed by atoms with Crippen molar-refractivity contribution in [2.75, 3.05) is 19.7 Å². The van der Waals surface area contributed by atoms with Crippen LogP contribution in [0.4, 0.5) is 4.79 Å². The first kappa shape index (κ1) is 24.2. The van der Waals surface area contributed by atoms with Crippen LogP contribution in [-0.2, 0) is 14.3 Å². The molecule has 0 spiro atoms. The van der Waals surface area contributed by atoms with E-state index in [1.54, 1.807) is 0 Å². The fourth-order valence-corrected chi connectivity index (χ4v) is 4.69. The molecule has 4 rings (SSSR count). The number of fused-ring (bicyclic) bond motifs is 3. The average Bonchev–Trinajstić information content (AvgIpc) is 3.15. The molecule has 9 heteroatoms. The molecule has 2 aromatic carbocycles. The van der Waals surface area contributed by atoms with E-state index in [4.69, 9.17) is 15.1 Å². The van der Waals surface area contributed by atoms with Crippen molar-refractivity contribution in [1.82, 2.24) is 10.2 Å². The van der Waals surface area contributed by atoms with Crippen LogP contribution in [0.15, 0.2) is 48.5 Å². The number of nitrogens with one attached hydrogen (secondary N) is 1. The third-order valence-corrected chi connectivity index (χ3v) is 6.58. The van der Waals surface area contributed by atoms with Gasteiger partial charge in [0.25, 0.3) is 0 Å². The summed E-state index contributed by atoms with van der Waals surface area (Å²) in [5, 5.41) is 30.4. The van der Waals surface area contributed by atoms with Crippen LogP contribution in [-0.4, -0.2) is 64.4 Å². The molecule has 182 valence electrons. The van der Waals surface area contributed by atoms with E-state index in [2.05, 4.69) is 5.32 Å². The second-order valence-electron chi connectivity index (χ2n) is 8.96. The Kier molecular flexibility index (Phi) is 7.03. The smallest absolute Gasteiger partial charge is 0.407 e. The van der Waals surface area contributed by atoms with E-state index in [0.29, 0.717) is 19.3 Å². The van der Waals surface area contributed by atoms with Crippen LogP contribution >= 0.6 is 0 Å². The number of β-amino-alcohol motifs (C(OH)–C–C–N with tert-alkyl or cyclic N) is 1. The molecule has 0 radical (unpaired) electrons. The quantitative estimate of drug-likeness (QED) is 0.472. The van der Waals surface area contributed by atoms with Gasteiger partial charge in [-0.2, -0.15) is 5.26 Å². The summed E-state index contributed by atoms with van der Waals surface area (Å²) in [5.74, 6) is -2.00. The van der Waals surface area contributed by atoms with Crippen LogP contribution < -0.4 is 5.32 Å². The third kappa shape index (κ3) is 4.98. The summed E-state index contributed by atoms with van der Waals surface area (Å²) < 4.78 is 5.54. The predicted molar refractivity (Wildman–Crippen MR) is 125 cm³/mol. The summed E-state index contributed by atoms with van der Waals surface area (Å²) in [6.45, 7) is -0.595. The Labute approximate surface area is 202 Å². The molecule has 3 N–H and O–H groups in total. The fraction of sp³-hybridized carbons (Fsp3) is 0.385. The van der Waals surface area contributed by atoms with Crippen LogP contribution in [0, 0.1) is 11.3 Å². The van der Waals surface area contributed by atoms with Gasteiger partial charge in [-0.1, -0.05) is 48.5 Å². The van der Waals surface area contributed by atoms with Gasteiger partial charge in [0.2, 0.25) is 5.91 Å². The number of unbranched alkanes of at least 4 members (excludes halogenated alkanes) is 2. The second kappa shape index (κ2) is 10.2. The number of hydrogen-bond acceptors (Lipinski definition) is 6. The maximum absolute atomic E-state index is 12.9. The number of aliphatic hydroxyl groups is 1. The number of amides is 2. The number of aliphatic carboxylic acids is 1. The molecule has 2 amide bonds. The molecule has 1 atom stereocenters. The topological polar surface area (TPSA) is 140 Å². The Bertz CT molecular complexity index is 1120. The van der Waals surface area contributed by atoms with E-state index in [-0.39, 0.29) is 32.0 Å². The Balaban J connectivity index is 1.39. The van der Waals surface area contributed by atoms with Crippen molar-refractivity contribution in [3.63, 3.8) is 0 Å². The Morgan fingerprint density at radius 2 is 1.69 bits per heavy atom. The predicted octanol–water partition coefficient (Wildman–Crippen LogP) is 2.64. The number of alkyl carbamates (subject to hydrolysis) is 1. The molecule has 1 fully saturated rings. The number of carbonyl (C=O) groups is 3. The molecule has 1 heterocycles. The van der Waals surface area contributed by atoms with Crippen LogP contribution in [0.5, 0.6) is 0 Å². The number of benzene rings is 2. The maximum Gasteiger partial charge on any atom is 0.407 e. The standard InChI is InChI=1S/C26H27N3O6/c27-13-7-1-2-12-22(23(30)29-15-26(34,16-29)24(31)32)28-25(33)35-14-21-19-10-5-3-8-17(19)18-9-4-6-11-20(18)21/h3-6,8-11,21-22,34H,1-2,7,12,14-16H2,(H,28,33)(H,31,32). The molecule has 1 aliphatic carbocycles. The van der Waals surface area contributed by atoms with Crippen molar-refractivity contribution in [1.29, 1.82) is 5.26 Å². The molecule has 1 unspecified atom stereocenters. The average molecular weight is 478 g/mol. The van der Waals surface area contributed by atoms with Gasteiger partial charge in [0.1, 0.15) is 12.6 Å².